The Hall–Kier alpha value is -0.0300. The third-order valence-corrected chi connectivity index (χ3v) is 6.67. The summed E-state index contributed by atoms with van der Waals surface area (Å²) in [6.07, 6.45) is 6.08. The molecule has 1 aromatic heterocycles. The second-order valence-corrected chi connectivity index (χ2v) is 8.13. The first kappa shape index (κ1) is 14.9. The highest BCUT2D eigenvalue weighted by Crippen LogP contribution is 2.39. The largest absolute Gasteiger partial charge is 0.374 e. The van der Waals surface area contributed by atoms with E-state index >= 15 is 0 Å². The molecule has 3 unspecified atom stereocenters. The lowest BCUT2D eigenvalue weighted by atomic mass is 9.89. The smallest absolute Gasteiger partial charge is 0.0795 e. The Bertz CT molecular complexity index is 401. The Morgan fingerprint density at radius 2 is 2.50 bits per heavy atom. The summed E-state index contributed by atoms with van der Waals surface area (Å²) in [7, 11) is 0. The Balaban J connectivity index is 1.63. The van der Waals surface area contributed by atoms with Crippen molar-refractivity contribution in [2.75, 3.05) is 18.1 Å². The molecule has 1 aromatic rings. The number of thiophene rings is 1. The van der Waals surface area contributed by atoms with Crippen molar-refractivity contribution in [1.29, 1.82) is 0 Å². The van der Waals surface area contributed by atoms with Crippen molar-refractivity contribution in [2.45, 2.75) is 56.7 Å². The molecule has 4 heteroatoms. The van der Waals surface area contributed by atoms with Crippen molar-refractivity contribution in [2.24, 2.45) is 0 Å². The van der Waals surface area contributed by atoms with E-state index in [9.17, 15) is 0 Å². The van der Waals surface area contributed by atoms with Gasteiger partial charge in [-0.3, -0.25) is 0 Å². The van der Waals surface area contributed by atoms with Gasteiger partial charge >= 0.3 is 0 Å². The number of nitrogens with one attached hydrogen (secondary N) is 1. The molecule has 3 heterocycles. The lowest BCUT2D eigenvalue weighted by Gasteiger charge is -2.39. The predicted molar refractivity (Wildman–Crippen MR) is 88.8 cm³/mol. The standard InChI is InChI=1S/C16H25NOS2/c1-2-4-14(15-5-3-9-20-15)17-13-6-8-18-16(11-13)7-10-19-12-16/h3,5,9,13-14,17H,2,4,6-8,10-12H2,1H3. The first-order valence-corrected chi connectivity index (χ1v) is 9.86. The van der Waals surface area contributed by atoms with Gasteiger partial charge in [0.1, 0.15) is 0 Å². The Morgan fingerprint density at radius 1 is 1.55 bits per heavy atom. The highest BCUT2D eigenvalue weighted by molar-refractivity contribution is 7.99. The topological polar surface area (TPSA) is 21.3 Å². The molecule has 20 heavy (non-hydrogen) atoms. The van der Waals surface area contributed by atoms with Crippen LogP contribution in [-0.4, -0.2) is 29.8 Å². The first-order valence-electron chi connectivity index (χ1n) is 7.82. The van der Waals surface area contributed by atoms with E-state index in [1.165, 1.54) is 42.1 Å². The van der Waals surface area contributed by atoms with Crippen LogP contribution in [0.15, 0.2) is 17.5 Å². The summed E-state index contributed by atoms with van der Waals surface area (Å²) >= 11 is 3.94. The van der Waals surface area contributed by atoms with Crippen molar-refractivity contribution in [3.05, 3.63) is 22.4 Å². The zero-order valence-corrected chi connectivity index (χ0v) is 13.9. The molecule has 1 spiro atoms. The average Bonchev–Trinajstić information content (AvgIpc) is 3.11. The van der Waals surface area contributed by atoms with Crippen LogP contribution in [0.5, 0.6) is 0 Å². The fourth-order valence-electron chi connectivity index (χ4n) is 3.40. The lowest BCUT2D eigenvalue weighted by molar-refractivity contribution is -0.0714. The number of thioether (sulfide) groups is 1. The minimum atomic E-state index is 0.187. The van der Waals surface area contributed by atoms with Crippen molar-refractivity contribution < 1.29 is 4.74 Å². The molecule has 3 rings (SSSR count). The zero-order chi connectivity index (χ0) is 13.8. The molecular weight excluding hydrogens is 286 g/mol. The maximum atomic E-state index is 6.13. The second-order valence-electron chi connectivity index (χ2n) is 6.05. The first-order chi connectivity index (χ1) is 9.81. The van der Waals surface area contributed by atoms with Crippen LogP contribution in [0.3, 0.4) is 0 Å². The van der Waals surface area contributed by atoms with Crippen molar-refractivity contribution >= 4 is 23.1 Å². The molecule has 1 N–H and O–H groups in total. The highest BCUT2D eigenvalue weighted by Gasteiger charge is 2.40. The molecule has 2 fully saturated rings. The molecule has 0 radical (unpaired) electrons. The van der Waals surface area contributed by atoms with Gasteiger partial charge in [-0.25, -0.2) is 0 Å². The quantitative estimate of drug-likeness (QED) is 0.879. The van der Waals surface area contributed by atoms with Crippen LogP contribution in [0.25, 0.3) is 0 Å². The SMILES string of the molecule is CCCC(NC1CCOC2(CCSC2)C1)c1cccs1. The average molecular weight is 312 g/mol. The monoisotopic (exact) mass is 311 g/mol. The molecule has 2 nitrogen and oxygen atoms in total. The fraction of sp³-hybridized carbons (Fsp3) is 0.750. The van der Waals surface area contributed by atoms with Gasteiger partial charge in [-0.05, 0) is 42.9 Å². The van der Waals surface area contributed by atoms with Crippen molar-refractivity contribution in [1.82, 2.24) is 5.32 Å². The van der Waals surface area contributed by atoms with E-state index in [-0.39, 0.29) is 5.60 Å². The molecule has 0 bridgehead atoms. The Morgan fingerprint density at radius 3 is 3.20 bits per heavy atom. The highest BCUT2D eigenvalue weighted by atomic mass is 32.2. The maximum Gasteiger partial charge on any atom is 0.0795 e. The Kier molecular flexibility index (Phi) is 5.08. The van der Waals surface area contributed by atoms with Crippen LogP contribution in [0, 0.1) is 0 Å². The second kappa shape index (κ2) is 6.82. The third-order valence-electron chi connectivity index (χ3n) is 4.46. The number of ether oxygens (including phenoxy) is 1. The molecule has 0 aliphatic carbocycles. The molecule has 0 saturated carbocycles. The summed E-state index contributed by atoms with van der Waals surface area (Å²) in [5.74, 6) is 2.47. The minimum Gasteiger partial charge on any atom is -0.374 e. The molecule has 0 amide bonds. The van der Waals surface area contributed by atoms with Gasteiger partial charge in [0.15, 0.2) is 0 Å². The summed E-state index contributed by atoms with van der Waals surface area (Å²) in [5.41, 5.74) is 0.187. The van der Waals surface area contributed by atoms with E-state index in [2.05, 4.69) is 41.5 Å². The molecule has 2 aliphatic rings. The van der Waals surface area contributed by atoms with Crippen LogP contribution < -0.4 is 5.32 Å². The van der Waals surface area contributed by atoms with Gasteiger partial charge in [0.25, 0.3) is 0 Å². The Labute approximate surface area is 130 Å². The summed E-state index contributed by atoms with van der Waals surface area (Å²) in [4.78, 5) is 1.49. The summed E-state index contributed by atoms with van der Waals surface area (Å²) in [6.45, 7) is 3.21. The molecule has 2 saturated heterocycles. The van der Waals surface area contributed by atoms with Gasteiger partial charge in [-0.1, -0.05) is 19.4 Å². The lowest BCUT2D eigenvalue weighted by Crippen LogP contribution is -2.48. The number of rotatable bonds is 5. The van der Waals surface area contributed by atoms with E-state index in [0.717, 1.165) is 13.0 Å². The number of hydrogen-bond acceptors (Lipinski definition) is 4. The van der Waals surface area contributed by atoms with Crippen LogP contribution in [0.4, 0.5) is 0 Å². The molecular formula is C16H25NOS2. The van der Waals surface area contributed by atoms with Crippen LogP contribution >= 0.6 is 23.1 Å². The van der Waals surface area contributed by atoms with Crippen molar-refractivity contribution in [3.8, 4) is 0 Å². The van der Waals surface area contributed by atoms with Crippen LogP contribution in [0.1, 0.15) is 49.9 Å². The van der Waals surface area contributed by atoms with Gasteiger partial charge in [0.05, 0.1) is 5.60 Å². The van der Waals surface area contributed by atoms with E-state index in [1.807, 2.05) is 11.3 Å². The van der Waals surface area contributed by atoms with E-state index in [1.54, 1.807) is 0 Å². The number of hydrogen-bond donors (Lipinski definition) is 1. The van der Waals surface area contributed by atoms with Crippen LogP contribution in [0.2, 0.25) is 0 Å². The summed E-state index contributed by atoms with van der Waals surface area (Å²) in [5, 5.41) is 6.12. The molecule has 112 valence electrons. The van der Waals surface area contributed by atoms with Gasteiger partial charge in [0.2, 0.25) is 0 Å². The zero-order valence-electron chi connectivity index (χ0n) is 12.3. The molecule has 3 atom stereocenters. The molecule has 0 aromatic carbocycles. The van der Waals surface area contributed by atoms with Crippen molar-refractivity contribution in [3.63, 3.8) is 0 Å². The van der Waals surface area contributed by atoms with Gasteiger partial charge in [0, 0.05) is 29.3 Å². The van der Waals surface area contributed by atoms with Gasteiger partial charge in [-0.15, -0.1) is 11.3 Å². The van der Waals surface area contributed by atoms with Gasteiger partial charge in [-0.2, -0.15) is 11.8 Å². The fourth-order valence-corrected chi connectivity index (χ4v) is 5.60. The minimum absolute atomic E-state index is 0.187. The van der Waals surface area contributed by atoms with E-state index < -0.39 is 0 Å². The van der Waals surface area contributed by atoms with E-state index in [4.69, 9.17) is 4.74 Å². The predicted octanol–water partition coefficient (Wildman–Crippen LogP) is 4.23. The normalized spacial score (nSPS) is 31.8. The van der Waals surface area contributed by atoms with E-state index in [0.29, 0.717) is 12.1 Å². The maximum absolute atomic E-state index is 6.13. The third kappa shape index (κ3) is 3.41. The summed E-state index contributed by atoms with van der Waals surface area (Å²) < 4.78 is 6.13. The van der Waals surface area contributed by atoms with Gasteiger partial charge < -0.3 is 10.1 Å². The van der Waals surface area contributed by atoms with Crippen LogP contribution in [-0.2, 0) is 4.74 Å². The molecule has 2 aliphatic heterocycles. The summed E-state index contributed by atoms with van der Waals surface area (Å²) in [6, 6.07) is 5.61.